The number of carbonyl (C=O) groups excluding carboxylic acids is 1. The quantitative estimate of drug-likeness (QED) is 0.733. The molecule has 3 nitrogen and oxygen atoms in total. The first-order valence-corrected chi connectivity index (χ1v) is 5.14. The van der Waals surface area contributed by atoms with E-state index in [0.29, 0.717) is 5.76 Å². The van der Waals surface area contributed by atoms with Gasteiger partial charge in [0, 0.05) is 13.0 Å². The van der Waals surface area contributed by atoms with Crippen LogP contribution in [0.4, 0.5) is 0 Å². The minimum Gasteiger partial charge on any atom is -0.456 e. The first kappa shape index (κ1) is 10.8. The zero-order chi connectivity index (χ0) is 10.4. The lowest BCUT2D eigenvalue weighted by Crippen LogP contribution is -2.23. The van der Waals surface area contributed by atoms with Gasteiger partial charge in [0.15, 0.2) is 5.76 Å². The maximum Gasteiger partial charge on any atom is 0.286 e. The van der Waals surface area contributed by atoms with Crippen LogP contribution in [0.5, 0.6) is 0 Å². The number of hydrogen-bond acceptors (Lipinski definition) is 2. The van der Waals surface area contributed by atoms with E-state index < -0.39 is 0 Å². The van der Waals surface area contributed by atoms with Gasteiger partial charge in [0.25, 0.3) is 5.91 Å². The summed E-state index contributed by atoms with van der Waals surface area (Å²) in [5, 5.41) is 2.80. The second-order valence-corrected chi connectivity index (χ2v) is 3.23. The summed E-state index contributed by atoms with van der Waals surface area (Å²) < 4.78 is 5.31. The molecule has 0 atom stereocenters. The number of unbranched alkanes of at least 4 members (excludes halogenated alkanes) is 1. The Bertz CT molecular complexity index is 291. The number of aryl methyl sites for hydroxylation is 1. The van der Waals surface area contributed by atoms with Crippen LogP contribution in [-0.4, -0.2) is 12.5 Å². The number of nitrogens with one attached hydrogen (secondary N) is 1. The third-order valence-corrected chi connectivity index (χ3v) is 2.05. The van der Waals surface area contributed by atoms with Crippen molar-refractivity contribution in [2.45, 2.75) is 33.1 Å². The van der Waals surface area contributed by atoms with Crippen LogP contribution in [0.1, 0.15) is 43.0 Å². The molecule has 0 fully saturated rings. The summed E-state index contributed by atoms with van der Waals surface area (Å²) in [6, 6.07) is 3.56. The highest BCUT2D eigenvalue weighted by molar-refractivity contribution is 5.91. The SMILES string of the molecule is CCCCNC(=O)c1ccc(CC)o1. The second kappa shape index (κ2) is 5.47. The molecule has 3 heteroatoms. The van der Waals surface area contributed by atoms with Crippen molar-refractivity contribution in [2.75, 3.05) is 6.54 Å². The second-order valence-electron chi connectivity index (χ2n) is 3.23. The number of amides is 1. The minimum atomic E-state index is -0.113. The zero-order valence-electron chi connectivity index (χ0n) is 8.80. The molecule has 0 radical (unpaired) electrons. The van der Waals surface area contributed by atoms with E-state index in [1.807, 2.05) is 13.0 Å². The van der Waals surface area contributed by atoms with Gasteiger partial charge in [0.05, 0.1) is 0 Å². The van der Waals surface area contributed by atoms with E-state index in [0.717, 1.165) is 31.6 Å². The van der Waals surface area contributed by atoms with E-state index >= 15 is 0 Å². The molecule has 0 aromatic carbocycles. The van der Waals surface area contributed by atoms with E-state index in [1.165, 1.54) is 0 Å². The summed E-state index contributed by atoms with van der Waals surface area (Å²) in [4.78, 5) is 11.4. The Morgan fingerprint density at radius 3 is 2.79 bits per heavy atom. The molecule has 1 rings (SSSR count). The van der Waals surface area contributed by atoms with Crippen molar-refractivity contribution in [1.82, 2.24) is 5.32 Å². The molecular formula is C11H17NO2. The highest BCUT2D eigenvalue weighted by atomic mass is 16.3. The van der Waals surface area contributed by atoms with Crippen molar-refractivity contribution in [3.63, 3.8) is 0 Å². The molecule has 0 saturated carbocycles. The normalized spacial score (nSPS) is 10.1. The molecule has 1 heterocycles. The highest BCUT2D eigenvalue weighted by Crippen LogP contribution is 2.07. The van der Waals surface area contributed by atoms with Gasteiger partial charge in [-0.15, -0.1) is 0 Å². The van der Waals surface area contributed by atoms with Gasteiger partial charge in [0.2, 0.25) is 0 Å². The van der Waals surface area contributed by atoms with Crippen LogP contribution in [0, 0.1) is 0 Å². The molecule has 0 aliphatic heterocycles. The van der Waals surface area contributed by atoms with Gasteiger partial charge in [-0.05, 0) is 18.6 Å². The predicted octanol–water partition coefficient (Wildman–Crippen LogP) is 2.37. The molecular weight excluding hydrogens is 178 g/mol. The fraction of sp³-hybridized carbons (Fsp3) is 0.545. The Morgan fingerprint density at radius 1 is 1.43 bits per heavy atom. The summed E-state index contributed by atoms with van der Waals surface area (Å²) in [7, 11) is 0. The monoisotopic (exact) mass is 195 g/mol. The molecule has 1 amide bonds. The van der Waals surface area contributed by atoms with E-state index in [4.69, 9.17) is 4.42 Å². The maximum atomic E-state index is 11.4. The van der Waals surface area contributed by atoms with Crippen LogP contribution in [-0.2, 0) is 6.42 Å². The molecule has 1 aromatic rings. The largest absolute Gasteiger partial charge is 0.456 e. The average molecular weight is 195 g/mol. The number of rotatable bonds is 5. The van der Waals surface area contributed by atoms with Crippen molar-refractivity contribution >= 4 is 5.91 Å². The van der Waals surface area contributed by atoms with Gasteiger partial charge in [-0.3, -0.25) is 4.79 Å². The van der Waals surface area contributed by atoms with E-state index in [-0.39, 0.29) is 5.91 Å². The van der Waals surface area contributed by atoms with Crippen LogP contribution in [0.3, 0.4) is 0 Å². The van der Waals surface area contributed by atoms with Gasteiger partial charge in [0.1, 0.15) is 5.76 Å². The van der Waals surface area contributed by atoms with E-state index in [1.54, 1.807) is 6.07 Å². The lowest BCUT2D eigenvalue weighted by Gasteiger charge is -2.00. The summed E-state index contributed by atoms with van der Waals surface area (Å²) in [5.41, 5.74) is 0. The first-order valence-electron chi connectivity index (χ1n) is 5.14. The molecule has 1 aromatic heterocycles. The molecule has 0 aliphatic rings. The van der Waals surface area contributed by atoms with Crippen LogP contribution in [0.15, 0.2) is 16.5 Å². The number of carbonyl (C=O) groups is 1. The van der Waals surface area contributed by atoms with Gasteiger partial charge >= 0.3 is 0 Å². The standard InChI is InChI=1S/C11H17NO2/c1-3-5-8-12-11(13)10-7-6-9(4-2)14-10/h6-7H,3-5,8H2,1-2H3,(H,12,13). The zero-order valence-corrected chi connectivity index (χ0v) is 8.80. The Kier molecular flexibility index (Phi) is 4.23. The predicted molar refractivity (Wildman–Crippen MR) is 55.3 cm³/mol. The molecule has 14 heavy (non-hydrogen) atoms. The van der Waals surface area contributed by atoms with Crippen molar-refractivity contribution in [3.05, 3.63) is 23.7 Å². The Balaban J connectivity index is 2.44. The van der Waals surface area contributed by atoms with Crippen LogP contribution >= 0.6 is 0 Å². The maximum absolute atomic E-state index is 11.4. The van der Waals surface area contributed by atoms with Gasteiger partial charge < -0.3 is 9.73 Å². The third kappa shape index (κ3) is 2.91. The topological polar surface area (TPSA) is 42.2 Å². The highest BCUT2D eigenvalue weighted by Gasteiger charge is 2.08. The lowest BCUT2D eigenvalue weighted by molar-refractivity contribution is 0.0924. The fourth-order valence-corrected chi connectivity index (χ4v) is 1.16. The summed E-state index contributed by atoms with van der Waals surface area (Å²) in [6.45, 7) is 4.81. The summed E-state index contributed by atoms with van der Waals surface area (Å²) >= 11 is 0. The summed E-state index contributed by atoms with van der Waals surface area (Å²) in [6.07, 6.45) is 2.91. The number of furan rings is 1. The minimum absolute atomic E-state index is 0.113. The summed E-state index contributed by atoms with van der Waals surface area (Å²) in [5.74, 6) is 1.15. The van der Waals surface area contributed by atoms with Crippen LogP contribution < -0.4 is 5.32 Å². The molecule has 0 unspecified atom stereocenters. The van der Waals surface area contributed by atoms with Gasteiger partial charge in [-0.25, -0.2) is 0 Å². The molecule has 78 valence electrons. The number of hydrogen-bond donors (Lipinski definition) is 1. The smallest absolute Gasteiger partial charge is 0.286 e. The molecule has 0 aliphatic carbocycles. The molecule has 1 N–H and O–H groups in total. The third-order valence-electron chi connectivity index (χ3n) is 2.05. The van der Waals surface area contributed by atoms with Crippen LogP contribution in [0.2, 0.25) is 0 Å². The van der Waals surface area contributed by atoms with Crippen molar-refractivity contribution in [1.29, 1.82) is 0 Å². The molecule has 0 bridgehead atoms. The molecule has 0 saturated heterocycles. The Morgan fingerprint density at radius 2 is 2.21 bits per heavy atom. The Hall–Kier alpha value is -1.25. The lowest BCUT2D eigenvalue weighted by atomic mass is 10.3. The van der Waals surface area contributed by atoms with Crippen molar-refractivity contribution < 1.29 is 9.21 Å². The van der Waals surface area contributed by atoms with E-state index in [9.17, 15) is 4.79 Å². The van der Waals surface area contributed by atoms with Crippen LogP contribution in [0.25, 0.3) is 0 Å². The Labute approximate surface area is 84.5 Å². The fourth-order valence-electron chi connectivity index (χ4n) is 1.16. The van der Waals surface area contributed by atoms with E-state index in [2.05, 4.69) is 12.2 Å². The van der Waals surface area contributed by atoms with Crippen molar-refractivity contribution in [2.24, 2.45) is 0 Å². The van der Waals surface area contributed by atoms with Crippen molar-refractivity contribution in [3.8, 4) is 0 Å². The average Bonchev–Trinajstić information content (AvgIpc) is 2.66. The first-order chi connectivity index (χ1) is 6.77. The molecule has 0 spiro atoms. The van der Waals surface area contributed by atoms with Gasteiger partial charge in [-0.1, -0.05) is 20.3 Å². The van der Waals surface area contributed by atoms with Gasteiger partial charge in [-0.2, -0.15) is 0 Å².